The van der Waals surface area contributed by atoms with Crippen LogP contribution in [0.5, 0.6) is 0 Å². The number of hydrogen-bond acceptors (Lipinski definition) is 4. The van der Waals surface area contributed by atoms with Gasteiger partial charge >= 0.3 is 0 Å². The molecule has 5 nitrogen and oxygen atoms in total. The van der Waals surface area contributed by atoms with Crippen molar-refractivity contribution in [3.63, 3.8) is 0 Å². The lowest BCUT2D eigenvalue weighted by atomic mass is 9.84. The second-order valence-corrected chi connectivity index (χ2v) is 8.60. The van der Waals surface area contributed by atoms with Crippen LogP contribution >= 0.6 is 11.3 Å². The Labute approximate surface area is 168 Å². The molecule has 0 bridgehead atoms. The van der Waals surface area contributed by atoms with E-state index in [1.165, 1.54) is 22.6 Å². The minimum atomic E-state index is -0.261. The number of carbonyl (C=O) groups is 3. The van der Waals surface area contributed by atoms with E-state index >= 15 is 0 Å². The Hall–Kier alpha value is -2.47. The van der Waals surface area contributed by atoms with Gasteiger partial charge in [-0.3, -0.25) is 19.3 Å². The van der Waals surface area contributed by atoms with Crippen molar-refractivity contribution in [3.05, 3.63) is 57.8 Å². The summed E-state index contributed by atoms with van der Waals surface area (Å²) in [6.45, 7) is 0.940. The minimum Gasteiger partial charge on any atom is -0.355 e. The topological polar surface area (TPSA) is 66.5 Å². The molecule has 2 aromatic rings. The largest absolute Gasteiger partial charge is 0.355 e. The Balaban J connectivity index is 1.28. The van der Waals surface area contributed by atoms with Crippen molar-refractivity contribution in [2.45, 2.75) is 43.9 Å². The smallest absolute Gasteiger partial charge is 0.261 e. The molecule has 1 aliphatic carbocycles. The third-order valence-corrected chi connectivity index (χ3v) is 7.01. The zero-order valence-corrected chi connectivity index (χ0v) is 16.6. The maximum absolute atomic E-state index is 12.4. The van der Waals surface area contributed by atoms with Crippen molar-refractivity contribution in [1.29, 1.82) is 0 Å². The molecule has 6 heteroatoms. The fourth-order valence-corrected chi connectivity index (χ4v) is 5.33. The first kappa shape index (κ1) is 18.9. The van der Waals surface area contributed by atoms with E-state index in [4.69, 9.17) is 0 Å². The number of nitrogens with one attached hydrogen (secondary N) is 1. The molecule has 2 aliphatic rings. The van der Waals surface area contributed by atoms with Gasteiger partial charge in [0.05, 0.1) is 11.1 Å². The van der Waals surface area contributed by atoms with Crippen molar-refractivity contribution in [1.82, 2.24) is 10.2 Å². The van der Waals surface area contributed by atoms with Crippen LogP contribution in [0.2, 0.25) is 0 Å². The lowest BCUT2D eigenvalue weighted by Crippen LogP contribution is -2.39. The molecule has 3 amide bonds. The summed E-state index contributed by atoms with van der Waals surface area (Å²) < 4.78 is 0. The third-order valence-electron chi connectivity index (χ3n) is 5.89. The van der Waals surface area contributed by atoms with E-state index in [1.807, 2.05) is 0 Å². The monoisotopic (exact) mass is 396 g/mol. The van der Waals surface area contributed by atoms with E-state index < -0.39 is 0 Å². The summed E-state index contributed by atoms with van der Waals surface area (Å²) in [5.41, 5.74) is 0.985. The normalized spacial score (nSPS) is 17.8. The van der Waals surface area contributed by atoms with Crippen LogP contribution in [0.25, 0.3) is 0 Å². The van der Waals surface area contributed by atoms with Gasteiger partial charge in [-0.2, -0.15) is 0 Å². The average Bonchev–Trinajstić information content (AvgIpc) is 3.44. The molecule has 28 heavy (non-hydrogen) atoms. The van der Waals surface area contributed by atoms with Gasteiger partial charge in [-0.05, 0) is 42.8 Å². The predicted molar refractivity (Wildman–Crippen MR) is 109 cm³/mol. The van der Waals surface area contributed by atoms with Crippen LogP contribution in [0.15, 0.2) is 41.8 Å². The van der Waals surface area contributed by atoms with Gasteiger partial charge in [0.1, 0.15) is 0 Å². The molecule has 1 fully saturated rings. The lowest BCUT2D eigenvalue weighted by molar-refractivity contribution is -0.121. The number of hydrogen-bond donors (Lipinski definition) is 1. The first-order valence-corrected chi connectivity index (χ1v) is 10.7. The molecule has 1 aromatic heterocycles. The number of carbonyl (C=O) groups excluding carboxylic acids is 3. The van der Waals surface area contributed by atoms with E-state index in [0.717, 1.165) is 12.8 Å². The number of amides is 3. The molecule has 146 valence electrons. The predicted octanol–water partition coefficient (Wildman–Crippen LogP) is 3.75. The van der Waals surface area contributed by atoms with E-state index in [0.29, 0.717) is 30.5 Å². The Bertz CT molecular complexity index is 850. The summed E-state index contributed by atoms with van der Waals surface area (Å²) >= 11 is 1.77. The molecule has 0 atom stereocenters. The molecule has 0 saturated heterocycles. The van der Waals surface area contributed by atoms with Gasteiger partial charge in [0.25, 0.3) is 11.8 Å². The fraction of sp³-hybridized carbons (Fsp3) is 0.409. The van der Waals surface area contributed by atoms with Gasteiger partial charge in [0.15, 0.2) is 0 Å². The number of fused-ring (bicyclic) bond motifs is 1. The first-order valence-electron chi connectivity index (χ1n) is 9.87. The quantitative estimate of drug-likeness (QED) is 0.725. The second kappa shape index (κ2) is 7.87. The van der Waals surface area contributed by atoms with E-state index in [9.17, 15) is 14.4 Å². The molecule has 0 spiro atoms. The highest BCUT2D eigenvalue weighted by atomic mass is 32.1. The summed E-state index contributed by atoms with van der Waals surface area (Å²) in [6, 6.07) is 11.1. The lowest BCUT2D eigenvalue weighted by Gasteiger charge is -2.28. The van der Waals surface area contributed by atoms with Crippen molar-refractivity contribution in [2.24, 2.45) is 0 Å². The maximum atomic E-state index is 12.4. The van der Waals surface area contributed by atoms with Gasteiger partial charge in [-0.1, -0.05) is 31.0 Å². The molecular formula is C22H24N2O3S. The number of benzene rings is 1. The van der Waals surface area contributed by atoms with Crippen LogP contribution in [-0.2, 0) is 10.2 Å². The van der Waals surface area contributed by atoms with Gasteiger partial charge in [-0.25, -0.2) is 0 Å². The highest BCUT2D eigenvalue weighted by molar-refractivity contribution is 7.10. The van der Waals surface area contributed by atoms with E-state index in [1.54, 1.807) is 35.6 Å². The highest BCUT2D eigenvalue weighted by Gasteiger charge is 2.37. The zero-order chi connectivity index (χ0) is 19.6. The maximum Gasteiger partial charge on any atom is 0.261 e. The van der Waals surface area contributed by atoms with Gasteiger partial charge < -0.3 is 5.32 Å². The van der Waals surface area contributed by atoms with Crippen LogP contribution in [0, 0.1) is 0 Å². The molecule has 0 unspecified atom stereocenters. The molecule has 0 radical (unpaired) electrons. The van der Waals surface area contributed by atoms with E-state index in [2.05, 4.69) is 22.8 Å². The summed E-state index contributed by atoms with van der Waals surface area (Å²) in [5.74, 6) is -0.535. The molecule has 1 aliphatic heterocycles. The van der Waals surface area contributed by atoms with Crippen molar-refractivity contribution < 1.29 is 14.4 Å². The van der Waals surface area contributed by atoms with Gasteiger partial charge in [0.2, 0.25) is 5.91 Å². The van der Waals surface area contributed by atoms with Gasteiger partial charge in [-0.15, -0.1) is 11.3 Å². The zero-order valence-electron chi connectivity index (χ0n) is 15.8. The van der Waals surface area contributed by atoms with Crippen LogP contribution < -0.4 is 5.32 Å². The van der Waals surface area contributed by atoms with Crippen molar-refractivity contribution in [2.75, 3.05) is 13.1 Å². The molecule has 2 heterocycles. The third kappa shape index (κ3) is 3.49. The number of nitrogens with zero attached hydrogens (tertiary/aromatic N) is 1. The summed E-state index contributed by atoms with van der Waals surface area (Å²) in [7, 11) is 0. The number of imide groups is 1. The fourth-order valence-electron chi connectivity index (χ4n) is 4.34. The SMILES string of the molecule is O=C(CCCN1C(=O)c2ccccc2C1=O)NCC1(c2cccs2)CCCC1. The first-order chi connectivity index (χ1) is 13.6. The molecule has 1 saturated carbocycles. The van der Waals surface area contributed by atoms with Crippen molar-refractivity contribution in [3.8, 4) is 0 Å². The average molecular weight is 397 g/mol. The summed E-state index contributed by atoms with van der Waals surface area (Å²) in [6.07, 6.45) is 5.42. The van der Waals surface area contributed by atoms with Crippen LogP contribution in [-0.4, -0.2) is 35.7 Å². The molecular weight excluding hydrogens is 372 g/mol. The summed E-state index contributed by atoms with van der Waals surface area (Å²) in [4.78, 5) is 39.7. The Morgan fingerprint density at radius 3 is 2.32 bits per heavy atom. The molecule has 1 N–H and O–H groups in total. The number of rotatable bonds is 7. The standard InChI is InChI=1S/C22H24N2O3S/c25-19(23-15-22(11-3-4-12-22)18-9-6-14-28-18)10-5-13-24-20(26)16-7-1-2-8-17(16)21(24)27/h1-2,6-9,14H,3-5,10-13,15H2,(H,23,25). The van der Waals surface area contributed by atoms with Crippen LogP contribution in [0.4, 0.5) is 0 Å². The molecule has 1 aromatic carbocycles. The van der Waals surface area contributed by atoms with Gasteiger partial charge in [0, 0.05) is 29.8 Å². The second-order valence-electron chi connectivity index (χ2n) is 7.65. The minimum absolute atomic E-state index is 0.0144. The number of thiophene rings is 1. The Morgan fingerprint density at radius 2 is 1.71 bits per heavy atom. The molecule has 4 rings (SSSR count). The highest BCUT2D eigenvalue weighted by Crippen LogP contribution is 2.42. The Kier molecular flexibility index (Phi) is 5.31. The Morgan fingerprint density at radius 1 is 1.04 bits per heavy atom. The van der Waals surface area contributed by atoms with Crippen molar-refractivity contribution >= 4 is 29.1 Å². The van der Waals surface area contributed by atoms with E-state index in [-0.39, 0.29) is 29.7 Å². The summed E-state index contributed by atoms with van der Waals surface area (Å²) in [5, 5.41) is 5.19. The van der Waals surface area contributed by atoms with Crippen LogP contribution in [0.3, 0.4) is 0 Å². The van der Waals surface area contributed by atoms with Crippen LogP contribution in [0.1, 0.15) is 64.1 Å².